The van der Waals surface area contributed by atoms with Gasteiger partial charge in [-0.05, 0) is 43.4 Å². The summed E-state index contributed by atoms with van der Waals surface area (Å²) in [5.74, 6) is -3.53. The molecule has 2 bridgehead atoms. The number of imide groups is 1. The molecule has 2 fully saturated rings. The van der Waals surface area contributed by atoms with Crippen molar-refractivity contribution in [2.75, 3.05) is 11.9 Å². The number of rotatable bonds is 5. The molecule has 0 unspecified atom stereocenters. The van der Waals surface area contributed by atoms with Gasteiger partial charge in [0, 0.05) is 5.69 Å². The number of hydrogen-bond donors (Lipinski definition) is 1. The first-order valence-electron chi connectivity index (χ1n) is 9.77. The molecule has 5 atom stereocenters. The average Bonchev–Trinajstić information content (AvgIpc) is 3.39. The van der Waals surface area contributed by atoms with Crippen LogP contribution in [0.5, 0.6) is 0 Å². The monoisotopic (exact) mass is 436 g/mol. The van der Waals surface area contributed by atoms with Gasteiger partial charge in [0.25, 0.3) is 5.91 Å². The van der Waals surface area contributed by atoms with Crippen molar-refractivity contribution < 1.29 is 37.1 Å². The molecule has 1 saturated heterocycles. The predicted molar refractivity (Wildman–Crippen MR) is 100 cm³/mol. The third-order valence-electron chi connectivity index (χ3n) is 6.05. The van der Waals surface area contributed by atoms with Crippen LogP contribution in [0.15, 0.2) is 36.4 Å². The van der Waals surface area contributed by atoms with Crippen LogP contribution < -0.4 is 5.32 Å². The molecule has 3 aliphatic rings. The molecule has 1 saturated carbocycles. The van der Waals surface area contributed by atoms with Crippen LogP contribution in [-0.4, -0.2) is 41.2 Å². The van der Waals surface area contributed by atoms with Gasteiger partial charge in [0.15, 0.2) is 6.61 Å². The number of amides is 3. The van der Waals surface area contributed by atoms with Gasteiger partial charge in [0.1, 0.15) is 6.04 Å². The van der Waals surface area contributed by atoms with Crippen molar-refractivity contribution in [3.8, 4) is 0 Å². The fourth-order valence-electron chi connectivity index (χ4n) is 4.64. The summed E-state index contributed by atoms with van der Waals surface area (Å²) in [4.78, 5) is 50.7. The normalized spacial score (nSPS) is 27.4. The first-order chi connectivity index (χ1) is 14.6. The summed E-state index contributed by atoms with van der Waals surface area (Å²) in [6.45, 7) is 0.578. The first-order valence-corrected chi connectivity index (χ1v) is 9.77. The van der Waals surface area contributed by atoms with Crippen LogP contribution in [0.2, 0.25) is 0 Å². The van der Waals surface area contributed by atoms with Gasteiger partial charge in [-0.3, -0.25) is 19.3 Å². The number of ether oxygens (including phenoxy) is 1. The third-order valence-corrected chi connectivity index (χ3v) is 6.05. The molecule has 1 heterocycles. The minimum Gasteiger partial charge on any atom is -0.454 e. The van der Waals surface area contributed by atoms with E-state index in [4.69, 9.17) is 4.74 Å². The van der Waals surface area contributed by atoms with Gasteiger partial charge in [-0.15, -0.1) is 0 Å². The number of fused-ring (bicyclic) bond motifs is 5. The fourth-order valence-corrected chi connectivity index (χ4v) is 4.64. The molecular weight excluding hydrogens is 417 g/mol. The van der Waals surface area contributed by atoms with Crippen LogP contribution >= 0.6 is 0 Å². The lowest BCUT2D eigenvalue weighted by Gasteiger charge is -2.23. The van der Waals surface area contributed by atoms with Gasteiger partial charge < -0.3 is 10.1 Å². The van der Waals surface area contributed by atoms with Crippen molar-refractivity contribution in [1.82, 2.24) is 4.90 Å². The molecule has 31 heavy (non-hydrogen) atoms. The molecule has 1 aromatic rings. The Bertz CT molecular complexity index is 959. The van der Waals surface area contributed by atoms with E-state index in [1.807, 2.05) is 12.2 Å². The summed E-state index contributed by atoms with van der Waals surface area (Å²) in [5.41, 5.74) is -1.04. The molecule has 0 spiro atoms. The Kier molecular flexibility index (Phi) is 5.10. The number of hydrogen-bond acceptors (Lipinski definition) is 5. The number of allylic oxidation sites excluding steroid dienone is 2. The molecule has 3 amide bonds. The van der Waals surface area contributed by atoms with E-state index >= 15 is 0 Å². The van der Waals surface area contributed by atoms with E-state index in [1.54, 1.807) is 0 Å². The standard InChI is InChI=1S/C21H19F3N2O5/c1-10(26-18(28)16-11-5-6-12(7-11)17(16)19(26)29)20(30)31-9-15(27)25-14-4-2-3-13(8-14)21(22,23)24/h2-6,8,10-12,16-17H,7,9H2,1H3,(H,25,27)/t10-,11+,12+,16-,17-/m1/s1. The zero-order chi connectivity index (χ0) is 22.5. The molecule has 2 aliphatic carbocycles. The summed E-state index contributed by atoms with van der Waals surface area (Å²) in [7, 11) is 0. The van der Waals surface area contributed by atoms with Crippen molar-refractivity contribution in [2.45, 2.75) is 25.6 Å². The Balaban J connectivity index is 1.33. The lowest BCUT2D eigenvalue weighted by Crippen LogP contribution is -2.45. The number of likely N-dealkylation sites (tertiary alicyclic amines) is 1. The maximum atomic E-state index is 12.8. The molecule has 1 N–H and O–H groups in total. The highest BCUT2D eigenvalue weighted by atomic mass is 19.4. The second-order valence-electron chi connectivity index (χ2n) is 7.96. The predicted octanol–water partition coefficient (Wildman–Crippen LogP) is 2.38. The van der Waals surface area contributed by atoms with Gasteiger partial charge in [-0.1, -0.05) is 18.2 Å². The highest BCUT2D eigenvalue weighted by Gasteiger charge is 2.60. The summed E-state index contributed by atoms with van der Waals surface area (Å²) < 4.78 is 43.2. The second kappa shape index (κ2) is 7.51. The Morgan fingerprint density at radius 1 is 1.16 bits per heavy atom. The van der Waals surface area contributed by atoms with Crippen molar-refractivity contribution in [3.05, 3.63) is 42.0 Å². The zero-order valence-corrected chi connectivity index (χ0v) is 16.4. The maximum absolute atomic E-state index is 12.8. The molecule has 1 aliphatic heterocycles. The minimum atomic E-state index is -4.56. The first kappa shape index (κ1) is 21.1. The second-order valence-corrected chi connectivity index (χ2v) is 7.96. The number of esters is 1. The topological polar surface area (TPSA) is 92.8 Å². The van der Waals surface area contributed by atoms with E-state index in [1.165, 1.54) is 13.0 Å². The van der Waals surface area contributed by atoms with Crippen molar-refractivity contribution in [2.24, 2.45) is 23.7 Å². The summed E-state index contributed by atoms with van der Waals surface area (Å²) >= 11 is 0. The van der Waals surface area contributed by atoms with Crippen LogP contribution in [-0.2, 0) is 30.1 Å². The Labute approximate surface area is 175 Å². The molecular formula is C21H19F3N2O5. The lowest BCUT2D eigenvalue weighted by atomic mass is 9.85. The highest BCUT2D eigenvalue weighted by Crippen LogP contribution is 2.52. The third kappa shape index (κ3) is 3.70. The number of nitrogens with one attached hydrogen (secondary N) is 1. The summed E-state index contributed by atoms with van der Waals surface area (Å²) in [6.07, 6.45) is 0.0587. The SMILES string of the molecule is C[C@H](C(=O)OCC(=O)Nc1cccc(C(F)(F)F)c1)N1C(=O)[C@H]2[C@H](C1=O)[C@H]1C=C[C@H]2C1. The molecule has 1 aromatic carbocycles. The van der Waals surface area contributed by atoms with Gasteiger partial charge >= 0.3 is 12.1 Å². The van der Waals surface area contributed by atoms with Crippen LogP contribution in [0.3, 0.4) is 0 Å². The average molecular weight is 436 g/mol. The number of anilines is 1. The van der Waals surface area contributed by atoms with Gasteiger partial charge in [-0.2, -0.15) is 13.2 Å². The van der Waals surface area contributed by atoms with E-state index in [0.717, 1.165) is 29.5 Å². The molecule has 7 nitrogen and oxygen atoms in total. The van der Waals surface area contributed by atoms with E-state index in [-0.39, 0.29) is 17.5 Å². The largest absolute Gasteiger partial charge is 0.454 e. The summed E-state index contributed by atoms with van der Waals surface area (Å²) in [6, 6.07) is 2.81. The summed E-state index contributed by atoms with van der Waals surface area (Å²) in [5, 5.41) is 2.22. The van der Waals surface area contributed by atoms with Crippen molar-refractivity contribution in [3.63, 3.8) is 0 Å². The van der Waals surface area contributed by atoms with Crippen LogP contribution in [0.4, 0.5) is 18.9 Å². The maximum Gasteiger partial charge on any atom is 0.416 e. The molecule has 0 radical (unpaired) electrons. The van der Waals surface area contributed by atoms with Crippen LogP contribution in [0.25, 0.3) is 0 Å². The van der Waals surface area contributed by atoms with Crippen molar-refractivity contribution in [1.29, 1.82) is 0 Å². The number of carbonyl (C=O) groups excluding carboxylic acids is 4. The molecule has 164 valence electrons. The fraction of sp³-hybridized carbons (Fsp3) is 0.429. The Morgan fingerprint density at radius 2 is 1.77 bits per heavy atom. The number of nitrogens with zero attached hydrogens (tertiary/aromatic N) is 1. The van der Waals surface area contributed by atoms with E-state index in [9.17, 15) is 32.3 Å². The molecule has 0 aromatic heterocycles. The number of halogens is 3. The van der Waals surface area contributed by atoms with Crippen molar-refractivity contribution >= 4 is 29.4 Å². The molecule has 10 heteroatoms. The number of alkyl halides is 3. The van der Waals surface area contributed by atoms with Gasteiger partial charge in [-0.25, -0.2) is 4.79 Å². The Morgan fingerprint density at radius 3 is 2.35 bits per heavy atom. The van der Waals surface area contributed by atoms with Crippen LogP contribution in [0.1, 0.15) is 18.9 Å². The quantitative estimate of drug-likeness (QED) is 0.435. The van der Waals surface area contributed by atoms with Crippen LogP contribution in [0, 0.1) is 23.7 Å². The minimum absolute atomic E-state index is 0.00194. The Hall–Kier alpha value is -3.17. The van der Waals surface area contributed by atoms with Gasteiger partial charge in [0.2, 0.25) is 11.8 Å². The lowest BCUT2D eigenvalue weighted by molar-refractivity contribution is -0.159. The van der Waals surface area contributed by atoms with Gasteiger partial charge in [0.05, 0.1) is 17.4 Å². The smallest absolute Gasteiger partial charge is 0.416 e. The zero-order valence-electron chi connectivity index (χ0n) is 16.4. The highest BCUT2D eigenvalue weighted by molar-refractivity contribution is 6.09. The number of carbonyl (C=O) groups is 4. The van der Waals surface area contributed by atoms with E-state index in [0.29, 0.717) is 0 Å². The molecule has 4 rings (SSSR count). The number of benzene rings is 1. The van der Waals surface area contributed by atoms with E-state index in [2.05, 4.69) is 5.32 Å². The van der Waals surface area contributed by atoms with E-state index < -0.39 is 59.9 Å².